The second-order valence-corrected chi connectivity index (χ2v) is 8.50. The minimum Gasteiger partial charge on any atom is -0.378 e. The number of benzene rings is 1. The van der Waals surface area contributed by atoms with Gasteiger partial charge in [-0.25, -0.2) is 13.4 Å². The zero-order valence-corrected chi connectivity index (χ0v) is 16.3. The number of hydrogen-bond acceptors (Lipinski definition) is 6. The van der Waals surface area contributed by atoms with Gasteiger partial charge in [0.05, 0.1) is 18.1 Å². The lowest BCUT2D eigenvalue weighted by Gasteiger charge is -2.29. The Morgan fingerprint density at radius 2 is 2.00 bits per heavy atom. The summed E-state index contributed by atoms with van der Waals surface area (Å²) < 4.78 is 29.1. The first-order valence-corrected chi connectivity index (χ1v) is 10.6. The summed E-state index contributed by atoms with van der Waals surface area (Å²) in [6.07, 6.45) is 2.87. The maximum absolute atomic E-state index is 12.5. The third kappa shape index (κ3) is 4.64. The van der Waals surface area contributed by atoms with Crippen LogP contribution in [-0.4, -0.2) is 51.9 Å². The van der Waals surface area contributed by atoms with Crippen LogP contribution in [0.15, 0.2) is 41.4 Å². The predicted molar refractivity (Wildman–Crippen MR) is 103 cm³/mol. The first-order valence-electron chi connectivity index (χ1n) is 8.72. The second-order valence-electron chi connectivity index (χ2n) is 6.52. The zero-order chi connectivity index (χ0) is 19.4. The predicted octanol–water partition coefficient (Wildman–Crippen LogP) is 1.56. The number of aryl methyl sites for hydroxylation is 1. The summed E-state index contributed by atoms with van der Waals surface area (Å²) in [6, 6.07) is 8.46. The van der Waals surface area contributed by atoms with Crippen LogP contribution in [0, 0.1) is 6.92 Å². The largest absolute Gasteiger partial charge is 0.378 e. The van der Waals surface area contributed by atoms with Crippen molar-refractivity contribution in [3.05, 3.63) is 53.2 Å². The fourth-order valence-electron chi connectivity index (χ4n) is 3.05. The zero-order valence-electron chi connectivity index (χ0n) is 15.4. The molecule has 8 heteroatoms. The monoisotopic (exact) mass is 389 g/mol. The van der Waals surface area contributed by atoms with Gasteiger partial charge >= 0.3 is 0 Å². The molecule has 1 saturated heterocycles. The summed E-state index contributed by atoms with van der Waals surface area (Å²) in [5.41, 5.74) is 1.84. The molecular formula is C19H23N3O4S. The lowest BCUT2D eigenvalue weighted by molar-refractivity contribution is 0.0950. The molecule has 1 aliphatic heterocycles. The number of sulfone groups is 1. The molecule has 2 aromatic rings. The minimum absolute atomic E-state index is 0.172. The van der Waals surface area contributed by atoms with Crippen molar-refractivity contribution in [1.82, 2.24) is 10.3 Å². The molecule has 0 atom stereocenters. The van der Waals surface area contributed by atoms with E-state index in [1.807, 2.05) is 12.1 Å². The first-order chi connectivity index (χ1) is 12.9. The Bertz CT molecular complexity index is 938. The molecule has 1 aromatic carbocycles. The topological polar surface area (TPSA) is 88.6 Å². The number of amides is 1. The summed E-state index contributed by atoms with van der Waals surface area (Å²) in [6.45, 7) is 4.84. The molecule has 1 fully saturated rings. The van der Waals surface area contributed by atoms with Crippen LogP contribution in [0.4, 0.5) is 5.82 Å². The molecule has 1 aromatic heterocycles. The summed E-state index contributed by atoms with van der Waals surface area (Å²) in [5.74, 6) is 0.513. The average molecular weight is 389 g/mol. The van der Waals surface area contributed by atoms with Crippen molar-refractivity contribution in [2.75, 3.05) is 37.5 Å². The van der Waals surface area contributed by atoms with E-state index in [0.29, 0.717) is 30.9 Å². The van der Waals surface area contributed by atoms with Gasteiger partial charge in [-0.3, -0.25) is 4.79 Å². The van der Waals surface area contributed by atoms with Gasteiger partial charge in [0.15, 0.2) is 9.84 Å². The van der Waals surface area contributed by atoms with Crippen LogP contribution in [-0.2, 0) is 21.1 Å². The number of carbonyl (C=O) groups excluding carboxylic acids is 1. The lowest BCUT2D eigenvalue weighted by atomic mass is 10.1. The van der Waals surface area contributed by atoms with Crippen molar-refractivity contribution in [3.8, 4) is 0 Å². The Morgan fingerprint density at radius 3 is 2.70 bits per heavy atom. The minimum atomic E-state index is -3.39. The van der Waals surface area contributed by atoms with Crippen molar-refractivity contribution in [1.29, 1.82) is 0 Å². The Hall–Kier alpha value is -2.45. The summed E-state index contributed by atoms with van der Waals surface area (Å²) in [7, 11) is -3.39. The molecule has 7 nitrogen and oxygen atoms in total. The maximum Gasteiger partial charge on any atom is 0.251 e. The second kappa shape index (κ2) is 8.06. The van der Waals surface area contributed by atoms with E-state index in [0.717, 1.165) is 30.7 Å². The van der Waals surface area contributed by atoms with Crippen molar-refractivity contribution < 1.29 is 17.9 Å². The number of aromatic nitrogens is 1. The van der Waals surface area contributed by atoms with E-state index in [1.165, 1.54) is 6.07 Å². The van der Waals surface area contributed by atoms with Crippen molar-refractivity contribution in [2.45, 2.75) is 18.4 Å². The third-order valence-electron chi connectivity index (χ3n) is 4.47. The van der Waals surface area contributed by atoms with Crippen molar-refractivity contribution in [3.63, 3.8) is 0 Å². The SMILES string of the molecule is Cc1ccc(C(=O)NCc2cccnc2N2CCOCC2)cc1S(C)(=O)=O. The number of nitrogens with one attached hydrogen (secondary N) is 1. The fourth-order valence-corrected chi connectivity index (χ4v) is 4.04. The quantitative estimate of drug-likeness (QED) is 0.835. The van der Waals surface area contributed by atoms with Crippen molar-refractivity contribution >= 4 is 21.6 Å². The van der Waals surface area contributed by atoms with Gasteiger partial charge in [0.1, 0.15) is 5.82 Å². The van der Waals surface area contributed by atoms with E-state index in [4.69, 9.17) is 4.74 Å². The van der Waals surface area contributed by atoms with Crippen LogP contribution in [0.2, 0.25) is 0 Å². The number of rotatable bonds is 5. The van der Waals surface area contributed by atoms with Crippen LogP contribution in [0.3, 0.4) is 0 Å². The van der Waals surface area contributed by atoms with Gasteiger partial charge in [0.2, 0.25) is 0 Å². The molecule has 1 N–H and O–H groups in total. The summed E-state index contributed by atoms with van der Waals surface area (Å²) >= 11 is 0. The van der Waals surface area contributed by atoms with E-state index < -0.39 is 9.84 Å². The van der Waals surface area contributed by atoms with Gasteiger partial charge in [-0.1, -0.05) is 12.1 Å². The van der Waals surface area contributed by atoms with Gasteiger partial charge in [0.25, 0.3) is 5.91 Å². The molecule has 0 spiro atoms. The number of pyridine rings is 1. The third-order valence-corrected chi connectivity index (χ3v) is 5.71. The molecular weight excluding hydrogens is 366 g/mol. The number of anilines is 1. The molecule has 0 aliphatic carbocycles. The molecule has 144 valence electrons. The smallest absolute Gasteiger partial charge is 0.251 e. The van der Waals surface area contributed by atoms with Gasteiger partial charge < -0.3 is 15.0 Å². The summed E-state index contributed by atoms with van der Waals surface area (Å²) in [4.78, 5) is 19.3. The molecule has 0 bridgehead atoms. The highest BCUT2D eigenvalue weighted by Gasteiger charge is 2.18. The molecule has 2 heterocycles. The highest BCUT2D eigenvalue weighted by atomic mass is 32.2. The summed E-state index contributed by atoms with van der Waals surface area (Å²) in [5, 5.41) is 2.86. The number of ether oxygens (including phenoxy) is 1. The molecule has 3 rings (SSSR count). The van der Waals surface area contributed by atoms with Crippen LogP contribution in [0.25, 0.3) is 0 Å². The van der Waals surface area contributed by atoms with Gasteiger partial charge in [-0.15, -0.1) is 0 Å². The maximum atomic E-state index is 12.5. The van der Waals surface area contributed by atoms with E-state index in [1.54, 1.807) is 25.3 Å². The van der Waals surface area contributed by atoms with E-state index in [2.05, 4.69) is 15.2 Å². The van der Waals surface area contributed by atoms with Gasteiger partial charge in [-0.05, 0) is 30.7 Å². The van der Waals surface area contributed by atoms with Crippen LogP contribution >= 0.6 is 0 Å². The van der Waals surface area contributed by atoms with Gasteiger partial charge in [0, 0.05) is 43.2 Å². The van der Waals surface area contributed by atoms with Crippen LogP contribution in [0.5, 0.6) is 0 Å². The van der Waals surface area contributed by atoms with Crippen molar-refractivity contribution in [2.24, 2.45) is 0 Å². The molecule has 1 amide bonds. The molecule has 0 radical (unpaired) electrons. The van der Waals surface area contributed by atoms with E-state index in [9.17, 15) is 13.2 Å². The number of hydrogen-bond donors (Lipinski definition) is 1. The highest BCUT2D eigenvalue weighted by molar-refractivity contribution is 7.90. The normalized spacial score (nSPS) is 14.8. The number of carbonyl (C=O) groups is 1. The molecule has 0 unspecified atom stereocenters. The first kappa shape index (κ1) is 19.3. The van der Waals surface area contributed by atoms with Crippen LogP contribution in [0.1, 0.15) is 21.5 Å². The fraction of sp³-hybridized carbons (Fsp3) is 0.368. The Morgan fingerprint density at radius 1 is 1.26 bits per heavy atom. The molecule has 27 heavy (non-hydrogen) atoms. The number of morpholine rings is 1. The Labute approximate surface area is 159 Å². The average Bonchev–Trinajstić information content (AvgIpc) is 2.66. The Balaban J connectivity index is 1.75. The Kier molecular flexibility index (Phi) is 5.76. The van der Waals surface area contributed by atoms with E-state index in [-0.39, 0.29) is 10.8 Å². The van der Waals surface area contributed by atoms with Crippen LogP contribution < -0.4 is 10.2 Å². The lowest BCUT2D eigenvalue weighted by Crippen LogP contribution is -2.37. The highest BCUT2D eigenvalue weighted by Crippen LogP contribution is 2.19. The van der Waals surface area contributed by atoms with E-state index >= 15 is 0 Å². The molecule has 0 saturated carbocycles. The molecule has 1 aliphatic rings. The number of nitrogens with zero attached hydrogens (tertiary/aromatic N) is 2. The standard InChI is InChI=1S/C19H23N3O4S/c1-14-5-6-15(12-17(14)27(2,24)25)19(23)21-13-16-4-3-7-20-18(16)22-8-10-26-11-9-22/h3-7,12H,8-11,13H2,1-2H3,(H,21,23). The van der Waals surface area contributed by atoms with Gasteiger partial charge in [-0.2, -0.15) is 0 Å².